The van der Waals surface area contributed by atoms with E-state index in [0.717, 1.165) is 22.8 Å². The fraction of sp³-hybridized carbons (Fsp3) is 0.308. The summed E-state index contributed by atoms with van der Waals surface area (Å²) in [4.78, 5) is 7.58. The van der Waals surface area contributed by atoms with Gasteiger partial charge in [0.1, 0.15) is 5.82 Å². The van der Waals surface area contributed by atoms with Gasteiger partial charge in [0.2, 0.25) is 0 Å². The molecule has 1 aromatic heterocycles. The Morgan fingerprint density at radius 1 is 1.25 bits per heavy atom. The summed E-state index contributed by atoms with van der Waals surface area (Å²) in [7, 11) is 0. The standard InChI is InChI=1S/C13H16N2O/c1-8-4-5-11(9(2)6-8)13-14-10(3)12(7-16)15-13/h4-6,16H,7H2,1-3H3,(H,14,15). The second-order valence-electron chi connectivity index (χ2n) is 4.13. The predicted octanol–water partition coefficient (Wildman–Crippen LogP) is 2.49. The zero-order valence-electron chi connectivity index (χ0n) is 9.83. The SMILES string of the molecule is Cc1ccc(-c2nc(CO)c(C)[nH]2)c(C)c1. The number of aromatic amines is 1. The van der Waals surface area contributed by atoms with Gasteiger partial charge in [0.15, 0.2) is 0 Å². The molecular formula is C13H16N2O. The molecule has 0 aliphatic carbocycles. The van der Waals surface area contributed by atoms with Gasteiger partial charge in [-0.2, -0.15) is 0 Å². The molecule has 3 heteroatoms. The van der Waals surface area contributed by atoms with Crippen molar-refractivity contribution in [1.29, 1.82) is 0 Å². The number of aliphatic hydroxyl groups excluding tert-OH is 1. The van der Waals surface area contributed by atoms with E-state index < -0.39 is 0 Å². The monoisotopic (exact) mass is 216 g/mol. The van der Waals surface area contributed by atoms with Crippen LogP contribution in [0.5, 0.6) is 0 Å². The van der Waals surface area contributed by atoms with Gasteiger partial charge < -0.3 is 10.1 Å². The first kappa shape index (κ1) is 10.9. The van der Waals surface area contributed by atoms with Crippen LogP contribution in [0.15, 0.2) is 18.2 Å². The number of nitrogens with one attached hydrogen (secondary N) is 1. The molecule has 2 N–H and O–H groups in total. The maximum atomic E-state index is 9.11. The second kappa shape index (κ2) is 4.10. The maximum absolute atomic E-state index is 9.11. The van der Waals surface area contributed by atoms with Crippen molar-refractivity contribution in [3.8, 4) is 11.4 Å². The minimum Gasteiger partial charge on any atom is -0.390 e. The van der Waals surface area contributed by atoms with Gasteiger partial charge in [0.25, 0.3) is 0 Å². The molecule has 0 spiro atoms. The zero-order chi connectivity index (χ0) is 11.7. The molecule has 84 valence electrons. The normalized spacial score (nSPS) is 10.8. The van der Waals surface area contributed by atoms with E-state index in [4.69, 9.17) is 5.11 Å². The quantitative estimate of drug-likeness (QED) is 0.810. The molecule has 16 heavy (non-hydrogen) atoms. The topological polar surface area (TPSA) is 48.9 Å². The molecule has 0 saturated heterocycles. The van der Waals surface area contributed by atoms with Crippen molar-refractivity contribution in [3.05, 3.63) is 40.7 Å². The molecule has 0 atom stereocenters. The lowest BCUT2D eigenvalue weighted by atomic mass is 10.1. The lowest BCUT2D eigenvalue weighted by molar-refractivity contribution is 0.276. The first-order chi connectivity index (χ1) is 7.61. The third-order valence-corrected chi connectivity index (χ3v) is 2.77. The van der Waals surface area contributed by atoms with Crippen molar-refractivity contribution in [1.82, 2.24) is 9.97 Å². The number of benzene rings is 1. The van der Waals surface area contributed by atoms with E-state index in [0.29, 0.717) is 0 Å². The highest BCUT2D eigenvalue weighted by Gasteiger charge is 2.09. The molecule has 1 aromatic carbocycles. The molecule has 0 unspecified atom stereocenters. The largest absolute Gasteiger partial charge is 0.390 e. The maximum Gasteiger partial charge on any atom is 0.138 e. The summed E-state index contributed by atoms with van der Waals surface area (Å²) in [5.41, 5.74) is 5.17. The number of rotatable bonds is 2. The van der Waals surface area contributed by atoms with Crippen molar-refractivity contribution in [2.45, 2.75) is 27.4 Å². The molecular weight excluding hydrogens is 200 g/mol. The third kappa shape index (κ3) is 1.86. The fourth-order valence-corrected chi connectivity index (χ4v) is 1.86. The highest BCUT2D eigenvalue weighted by Crippen LogP contribution is 2.22. The Morgan fingerprint density at radius 2 is 2.00 bits per heavy atom. The van der Waals surface area contributed by atoms with Crippen LogP contribution < -0.4 is 0 Å². The first-order valence-electron chi connectivity index (χ1n) is 5.36. The number of aliphatic hydroxyl groups is 1. The molecule has 0 aliphatic rings. The van der Waals surface area contributed by atoms with E-state index in [1.807, 2.05) is 6.92 Å². The third-order valence-electron chi connectivity index (χ3n) is 2.77. The Hall–Kier alpha value is -1.61. The summed E-state index contributed by atoms with van der Waals surface area (Å²) in [5, 5.41) is 9.11. The lowest BCUT2D eigenvalue weighted by Gasteiger charge is -2.03. The Morgan fingerprint density at radius 3 is 2.56 bits per heavy atom. The molecule has 0 amide bonds. The number of H-pyrrole nitrogens is 1. The second-order valence-corrected chi connectivity index (χ2v) is 4.13. The minimum atomic E-state index is -0.0206. The van der Waals surface area contributed by atoms with Crippen LogP contribution in [0, 0.1) is 20.8 Å². The van der Waals surface area contributed by atoms with Gasteiger partial charge >= 0.3 is 0 Å². The number of aromatic nitrogens is 2. The van der Waals surface area contributed by atoms with Crippen molar-refractivity contribution in [3.63, 3.8) is 0 Å². The van der Waals surface area contributed by atoms with Gasteiger partial charge in [-0.3, -0.25) is 0 Å². The van der Waals surface area contributed by atoms with Gasteiger partial charge in [0.05, 0.1) is 12.3 Å². The zero-order valence-corrected chi connectivity index (χ0v) is 9.83. The van der Waals surface area contributed by atoms with E-state index in [1.165, 1.54) is 11.1 Å². The average Bonchev–Trinajstić information content (AvgIpc) is 2.59. The molecule has 0 saturated carbocycles. The molecule has 2 rings (SSSR count). The van der Waals surface area contributed by atoms with E-state index >= 15 is 0 Å². The highest BCUT2D eigenvalue weighted by molar-refractivity contribution is 5.61. The van der Waals surface area contributed by atoms with Crippen LogP contribution >= 0.6 is 0 Å². The molecule has 0 radical (unpaired) electrons. The summed E-state index contributed by atoms with van der Waals surface area (Å²) in [6.07, 6.45) is 0. The summed E-state index contributed by atoms with van der Waals surface area (Å²) < 4.78 is 0. The highest BCUT2D eigenvalue weighted by atomic mass is 16.3. The molecule has 0 aliphatic heterocycles. The van der Waals surface area contributed by atoms with Crippen LogP contribution in [0.2, 0.25) is 0 Å². The van der Waals surface area contributed by atoms with Crippen LogP contribution in [0.25, 0.3) is 11.4 Å². The summed E-state index contributed by atoms with van der Waals surface area (Å²) in [5.74, 6) is 0.832. The summed E-state index contributed by atoms with van der Waals surface area (Å²) >= 11 is 0. The van der Waals surface area contributed by atoms with Crippen molar-refractivity contribution in [2.75, 3.05) is 0 Å². The molecule has 0 fully saturated rings. The van der Waals surface area contributed by atoms with Crippen LogP contribution in [0.1, 0.15) is 22.5 Å². The van der Waals surface area contributed by atoms with Crippen LogP contribution in [0.4, 0.5) is 0 Å². The van der Waals surface area contributed by atoms with E-state index in [9.17, 15) is 0 Å². The minimum absolute atomic E-state index is 0.0206. The van der Waals surface area contributed by atoms with E-state index in [2.05, 4.69) is 42.0 Å². The Kier molecular flexibility index (Phi) is 2.79. The fourth-order valence-electron chi connectivity index (χ4n) is 1.86. The number of hydrogen-bond donors (Lipinski definition) is 2. The molecule has 1 heterocycles. The number of aryl methyl sites for hydroxylation is 3. The average molecular weight is 216 g/mol. The van der Waals surface area contributed by atoms with E-state index in [-0.39, 0.29) is 6.61 Å². The predicted molar refractivity (Wildman–Crippen MR) is 64.2 cm³/mol. The van der Waals surface area contributed by atoms with Crippen molar-refractivity contribution in [2.24, 2.45) is 0 Å². The Labute approximate surface area is 95.2 Å². The first-order valence-corrected chi connectivity index (χ1v) is 5.36. The van der Waals surface area contributed by atoms with Gasteiger partial charge in [-0.15, -0.1) is 0 Å². The number of hydrogen-bond acceptors (Lipinski definition) is 2. The molecule has 3 nitrogen and oxygen atoms in total. The van der Waals surface area contributed by atoms with E-state index in [1.54, 1.807) is 0 Å². The van der Waals surface area contributed by atoms with Crippen molar-refractivity contribution < 1.29 is 5.11 Å². The van der Waals surface area contributed by atoms with Crippen LogP contribution in [-0.2, 0) is 6.61 Å². The van der Waals surface area contributed by atoms with Gasteiger partial charge in [-0.1, -0.05) is 23.8 Å². The van der Waals surface area contributed by atoms with Crippen molar-refractivity contribution >= 4 is 0 Å². The summed E-state index contributed by atoms with van der Waals surface area (Å²) in [6.45, 7) is 6.04. The smallest absolute Gasteiger partial charge is 0.138 e. The van der Waals surface area contributed by atoms with Gasteiger partial charge in [-0.25, -0.2) is 4.98 Å². The summed E-state index contributed by atoms with van der Waals surface area (Å²) in [6, 6.07) is 6.26. The van der Waals surface area contributed by atoms with Gasteiger partial charge in [0, 0.05) is 11.3 Å². The number of nitrogens with zero attached hydrogens (tertiary/aromatic N) is 1. The molecule has 2 aromatic rings. The van der Waals surface area contributed by atoms with Crippen LogP contribution in [-0.4, -0.2) is 15.1 Å². The number of imidazole rings is 1. The Balaban J connectivity index is 2.50. The Bertz CT molecular complexity index is 515. The van der Waals surface area contributed by atoms with Crippen LogP contribution in [0.3, 0.4) is 0 Å². The van der Waals surface area contributed by atoms with Gasteiger partial charge in [-0.05, 0) is 26.3 Å². The molecule has 0 bridgehead atoms. The lowest BCUT2D eigenvalue weighted by Crippen LogP contribution is -1.87.